The molecule has 0 bridgehead atoms. The van der Waals surface area contributed by atoms with E-state index < -0.39 is 0 Å². The fraction of sp³-hybridized carbons (Fsp3) is 0.727. The van der Waals surface area contributed by atoms with Gasteiger partial charge in [-0.05, 0) is 26.8 Å². The molecule has 80 valence electrons. The highest BCUT2D eigenvalue weighted by Gasteiger charge is 2.15. The maximum absolute atomic E-state index is 4.57. The average Bonchev–Trinajstić information content (AvgIpc) is 2.56. The standard InChI is InChI=1S/C11H20N2S/c1-5-9(7-12-4)11-8(3)13-10(6-2)14-11/h9,12H,5-7H2,1-4H3. The molecule has 1 aromatic heterocycles. The van der Waals surface area contributed by atoms with Crippen LogP contribution < -0.4 is 5.32 Å². The van der Waals surface area contributed by atoms with Crippen molar-refractivity contribution in [2.24, 2.45) is 0 Å². The fourth-order valence-corrected chi connectivity index (χ4v) is 2.86. The van der Waals surface area contributed by atoms with E-state index in [2.05, 4.69) is 31.1 Å². The maximum atomic E-state index is 4.57. The molecular weight excluding hydrogens is 192 g/mol. The molecule has 0 aliphatic carbocycles. The first-order valence-corrected chi connectivity index (χ1v) is 6.15. The molecular formula is C11H20N2S. The SMILES string of the molecule is CCc1nc(C)c(C(CC)CNC)s1. The zero-order chi connectivity index (χ0) is 10.6. The summed E-state index contributed by atoms with van der Waals surface area (Å²) in [6.07, 6.45) is 2.24. The summed E-state index contributed by atoms with van der Waals surface area (Å²) in [7, 11) is 2.01. The van der Waals surface area contributed by atoms with Crippen LogP contribution in [-0.4, -0.2) is 18.6 Å². The van der Waals surface area contributed by atoms with Crippen molar-refractivity contribution in [2.75, 3.05) is 13.6 Å². The van der Waals surface area contributed by atoms with Crippen LogP contribution in [0.3, 0.4) is 0 Å². The lowest BCUT2D eigenvalue weighted by Crippen LogP contribution is -2.16. The quantitative estimate of drug-likeness (QED) is 0.812. The van der Waals surface area contributed by atoms with Crippen LogP contribution >= 0.6 is 11.3 Å². The summed E-state index contributed by atoms with van der Waals surface area (Å²) >= 11 is 1.88. The molecule has 1 unspecified atom stereocenters. The Labute approximate surface area is 90.8 Å². The Morgan fingerprint density at radius 2 is 2.14 bits per heavy atom. The summed E-state index contributed by atoms with van der Waals surface area (Å²) in [5.41, 5.74) is 1.23. The summed E-state index contributed by atoms with van der Waals surface area (Å²) in [6, 6.07) is 0. The first-order chi connectivity index (χ1) is 6.72. The Hall–Kier alpha value is -0.410. The normalized spacial score (nSPS) is 13.1. The van der Waals surface area contributed by atoms with Crippen LogP contribution in [0.25, 0.3) is 0 Å². The van der Waals surface area contributed by atoms with Crippen molar-refractivity contribution in [1.82, 2.24) is 10.3 Å². The molecule has 1 aromatic rings. The summed E-state index contributed by atoms with van der Waals surface area (Å²) in [4.78, 5) is 6.04. The molecule has 1 heterocycles. The van der Waals surface area contributed by atoms with Gasteiger partial charge in [-0.1, -0.05) is 13.8 Å². The van der Waals surface area contributed by atoms with Crippen LogP contribution in [0.2, 0.25) is 0 Å². The molecule has 0 saturated carbocycles. The van der Waals surface area contributed by atoms with E-state index in [4.69, 9.17) is 0 Å². The molecule has 0 fully saturated rings. The second kappa shape index (κ2) is 5.47. The van der Waals surface area contributed by atoms with Crippen molar-refractivity contribution >= 4 is 11.3 Å². The lowest BCUT2D eigenvalue weighted by Gasteiger charge is -2.12. The van der Waals surface area contributed by atoms with Crippen LogP contribution in [-0.2, 0) is 6.42 Å². The Morgan fingerprint density at radius 3 is 2.57 bits per heavy atom. The predicted octanol–water partition coefficient (Wildman–Crippen LogP) is 2.73. The third kappa shape index (κ3) is 2.55. The van der Waals surface area contributed by atoms with Gasteiger partial charge in [0, 0.05) is 17.3 Å². The van der Waals surface area contributed by atoms with Gasteiger partial charge in [0.2, 0.25) is 0 Å². The van der Waals surface area contributed by atoms with Gasteiger partial charge < -0.3 is 5.32 Å². The van der Waals surface area contributed by atoms with Crippen molar-refractivity contribution < 1.29 is 0 Å². The lowest BCUT2D eigenvalue weighted by molar-refractivity contribution is 0.616. The molecule has 0 spiro atoms. The van der Waals surface area contributed by atoms with Crippen molar-refractivity contribution in [2.45, 2.75) is 39.5 Å². The minimum absolute atomic E-state index is 0.637. The van der Waals surface area contributed by atoms with E-state index in [-0.39, 0.29) is 0 Å². The van der Waals surface area contributed by atoms with Gasteiger partial charge in [0.05, 0.1) is 10.7 Å². The molecule has 0 saturated heterocycles. The summed E-state index contributed by atoms with van der Waals surface area (Å²) < 4.78 is 0. The van der Waals surface area contributed by atoms with Crippen molar-refractivity contribution in [1.29, 1.82) is 0 Å². The molecule has 0 aliphatic rings. The first kappa shape index (κ1) is 11.7. The molecule has 14 heavy (non-hydrogen) atoms. The van der Waals surface area contributed by atoms with Gasteiger partial charge in [-0.15, -0.1) is 11.3 Å². The van der Waals surface area contributed by atoms with Gasteiger partial charge in [-0.2, -0.15) is 0 Å². The number of hydrogen-bond donors (Lipinski definition) is 1. The molecule has 0 amide bonds. The minimum Gasteiger partial charge on any atom is -0.319 e. The van der Waals surface area contributed by atoms with Crippen molar-refractivity contribution in [3.05, 3.63) is 15.6 Å². The fourth-order valence-electron chi connectivity index (χ4n) is 1.66. The molecule has 1 N–H and O–H groups in total. The molecule has 0 radical (unpaired) electrons. The topological polar surface area (TPSA) is 24.9 Å². The second-order valence-electron chi connectivity index (χ2n) is 3.57. The number of thiazole rings is 1. The van der Waals surface area contributed by atoms with E-state index in [1.165, 1.54) is 22.0 Å². The Bertz CT molecular complexity index is 281. The summed E-state index contributed by atoms with van der Waals surface area (Å²) in [6.45, 7) is 7.60. The minimum atomic E-state index is 0.637. The first-order valence-electron chi connectivity index (χ1n) is 5.33. The van der Waals surface area contributed by atoms with E-state index in [9.17, 15) is 0 Å². The number of rotatable bonds is 5. The van der Waals surface area contributed by atoms with Gasteiger partial charge in [0.25, 0.3) is 0 Å². The molecule has 1 atom stereocenters. The Morgan fingerprint density at radius 1 is 1.43 bits per heavy atom. The van der Waals surface area contributed by atoms with Gasteiger partial charge >= 0.3 is 0 Å². The largest absolute Gasteiger partial charge is 0.319 e. The zero-order valence-corrected chi connectivity index (χ0v) is 10.4. The Kier molecular flexibility index (Phi) is 4.55. The Balaban J connectivity index is 2.85. The second-order valence-corrected chi connectivity index (χ2v) is 4.69. The average molecular weight is 212 g/mol. The van der Waals surface area contributed by atoms with E-state index >= 15 is 0 Å². The number of aromatic nitrogens is 1. The maximum Gasteiger partial charge on any atom is 0.0928 e. The van der Waals surface area contributed by atoms with Crippen LogP contribution in [0.1, 0.15) is 41.8 Å². The number of nitrogens with zero attached hydrogens (tertiary/aromatic N) is 1. The van der Waals surface area contributed by atoms with Gasteiger partial charge in [0.1, 0.15) is 0 Å². The number of likely N-dealkylation sites (N-methyl/N-ethyl adjacent to an activating group) is 1. The molecule has 0 aliphatic heterocycles. The predicted molar refractivity (Wildman–Crippen MR) is 63.2 cm³/mol. The molecule has 1 rings (SSSR count). The van der Waals surface area contributed by atoms with Gasteiger partial charge in [0.15, 0.2) is 0 Å². The van der Waals surface area contributed by atoms with Gasteiger partial charge in [-0.3, -0.25) is 0 Å². The van der Waals surface area contributed by atoms with Crippen LogP contribution in [0, 0.1) is 6.92 Å². The monoisotopic (exact) mass is 212 g/mol. The highest BCUT2D eigenvalue weighted by atomic mass is 32.1. The highest BCUT2D eigenvalue weighted by Crippen LogP contribution is 2.28. The van der Waals surface area contributed by atoms with Crippen molar-refractivity contribution in [3.8, 4) is 0 Å². The molecule has 0 aromatic carbocycles. The van der Waals surface area contributed by atoms with Crippen molar-refractivity contribution in [3.63, 3.8) is 0 Å². The van der Waals surface area contributed by atoms with Crippen LogP contribution in [0.15, 0.2) is 0 Å². The lowest BCUT2D eigenvalue weighted by atomic mass is 10.0. The van der Waals surface area contributed by atoms with E-state index in [1.54, 1.807) is 0 Å². The van der Waals surface area contributed by atoms with Gasteiger partial charge in [-0.25, -0.2) is 4.98 Å². The molecule has 3 heteroatoms. The van der Waals surface area contributed by atoms with E-state index in [0.717, 1.165) is 13.0 Å². The third-order valence-corrected chi connectivity index (χ3v) is 3.96. The highest BCUT2D eigenvalue weighted by molar-refractivity contribution is 7.11. The zero-order valence-electron chi connectivity index (χ0n) is 9.55. The van der Waals surface area contributed by atoms with Crippen LogP contribution in [0.4, 0.5) is 0 Å². The number of aryl methyl sites for hydroxylation is 2. The number of hydrogen-bond acceptors (Lipinski definition) is 3. The van der Waals surface area contributed by atoms with E-state index in [1.807, 2.05) is 18.4 Å². The summed E-state index contributed by atoms with van der Waals surface area (Å²) in [5, 5.41) is 4.52. The smallest absolute Gasteiger partial charge is 0.0928 e. The summed E-state index contributed by atoms with van der Waals surface area (Å²) in [5.74, 6) is 0.637. The third-order valence-electron chi connectivity index (χ3n) is 2.49. The molecule has 2 nitrogen and oxygen atoms in total. The number of nitrogens with one attached hydrogen (secondary N) is 1. The van der Waals surface area contributed by atoms with Crippen LogP contribution in [0.5, 0.6) is 0 Å². The van der Waals surface area contributed by atoms with E-state index in [0.29, 0.717) is 5.92 Å².